The molecule has 1 heterocycles. The zero-order chi connectivity index (χ0) is 16.4. The highest BCUT2D eigenvalue weighted by atomic mass is 16.7. The minimum absolute atomic E-state index is 0.177. The number of benzene rings is 2. The predicted octanol–water partition coefficient (Wildman–Crippen LogP) is 4.28. The van der Waals surface area contributed by atoms with Crippen LogP contribution in [0.1, 0.15) is 36.5 Å². The van der Waals surface area contributed by atoms with Gasteiger partial charge in [0.2, 0.25) is 6.79 Å². The molecule has 0 saturated heterocycles. The topological polar surface area (TPSA) is 36.9 Å². The Balaban J connectivity index is 2.01. The van der Waals surface area contributed by atoms with Gasteiger partial charge in [-0.1, -0.05) is 19.1 Å². The maximum absolute atomic E-state index is 5.82. The fraction of sp³-hybridized carbons (Fsp3) is 0.368. The monoisotopic (exact) mass is 314 g/mol. The summed E-state index contributed by atoms with van der Waals surface area (Å²) in [5.74, 6) is 3.45. The summed E-state index contributed by atoms with van der Waals surface area (Å²) in [5.41, 5.74) is 3.43. The first-order valence-corrected chi connectivity index (χ1v) is 7.85. The molecule has 1 atom stereocenters. The zero-order valence-corrected chi connectivity index (χ0v) is 14.0. The van der Waals surface area contributed by atoms with Crippen LogP contribution in [-0.4, -0.2) is 20.5 Å². The lowest BCUT2D eigenvalue weighted by molar-refractivity contribution is 0.173. The first-order chi connectivity index (χ1) is 11.1. The quantitative estimate of drug-likeness (QED) is 0.825. The standard InChI is InChI=1S/C19H22O4/c1-5-21-17-10-19-18(22-11-23-19)9-15(17)13(3)14-6-7-16(20-4)12(2)8-14/h6-10,13H,5,11H2,1-4H3/t13-/m1/s1. The molecule has 0 unspecified atom stereocenters. The van der Waals surface area contributed by atoms with E-state index in [1.54, 1.807) is 7.11 Å². The molecule has 0 spiro atoms. The van der Waals surface area contributed by atoms with Gasteiger partial charge in [-0.2, -0.15) is 0 Å². The Morgan fingerprint density at radius 3 is 2.48 bits per heavy atom. The molecule has 3 rings (SSSR count). The van der Waals surface area contributed by atoms with Gasteiger partial charge in [0.05, 0.1) is 13.7 Å². The van der Waals surface area contributed by atoms with Gasteiger partial charge in [-0.25, -0.2) is 0 Å². The summed E-state index contributed by atoms with van der Waals surface area (Å²) < 4.78 is 22.1. The molecule has 1 aliphatic rings. The summed E-state index contributed by atoms with van der Waals surface area (Å²) in [6.07, 6.45) is 0. The zero-order valence-electron chi connectivity index (χ0n) is 14.0. The van der Waals surface area contributed by atoms with Crippen molar-refractivity contribution in [2.24, 2.45) is 0 Å². The minimum atomic E-state index is 0.177. The highest BCUT2D eigenvalue weighted by Gasteiger charge is 2.22. The summed E-state index contributed by atoms with van der Waals surface area (Å²) >= 11 is 0. The van der Waals surface area contributed by atoms with Gasteiger partial charge in [-0.3, -0.25) is 0 Å². The number of rotatable bonds is 5. The molecule has 4 nitrogen and oxygen atoms in total. The van der Waals surface area contributed by atoms with E-state index in [9.17, 15) is 0 Å². The molecule has 0 bridgehead atoms. The molecule has 0 fully saturated rings. The van der Waals surface area contributed by atoms with E-state index in [0.29, 0.717) is 6.61 Å². The van der Waals surface area contributed by atoms with Crippen molar-refractivity contribution in [3.63, 3.8) is 0 Å². The third-order valence-corrected chi connectivity index (χ3v) is 4.19. The number of ether oxygens (including phenoxy) is 4. The van der Waals surface area contributed by atoms with Crippen molar-refractivity contribution in [2.75, 3.05) is 20.5 Å². The number of aryl methyl sites for hydroxylation is 1. The van der Waals surface area contributed by atoms with Crippen LogP contribution in [0.5, 0.6) is 23.0 Å². The van der Waals surface area contributed by atoms with E-state index in [0.717, 1.165) is 34.1 Å². The van der Waals surface area contributed by atoms with Crippen LogP contribution in [0.2, 0.25) is 0 Å². The number of methoxy groups -OCH3 is 1. The number of fused-ring (bicyclic) bond motifs is 1. The minimum Gasteiger partial charge on any atom is -0.496 e. The van der Waals surface area contributed by atoms with Crippen LogP contribution < -0.4 is 18.9 Å². The average molecular weight is 314 g/mol. The molecule has 0 aromatic heterocycles. The second-order valence-electron chi connectivity index (χ2n) is 5.63. The Morgan fingerprint density at radius 2 is 1.83 bits per heavy atom. The van der Waals surface area contributed by atoms with Gasteiger partial charge in [0.15, 0.2) is 11.5 Å². The Hall–Kier alpha value is -2.36. The van der Waals surface area contributed by atoms with E-state index in [2.05, 4.69) is 26.0 Å². The van der Waals surface area contributed by atoms with Crippen LogP contribution in [0.3, 0.4) is 0 Å². The molecule has 23 heavy (non-hydrogen) atoms. The second kappa shape index (κ2) is 6.41. The molecule has 0 N–H and O–H groups in total. The summed E-state index contributed by atoms with van der Waals surface area (Å²) in [7, 11) is 1.69. The van der Waals surface area contributed by atoms with Crippen LogP contribution in [-0.2, 0) is 0 Å². The van der Waals surface area contributed by atoms with Crippen LogP contribution in [0.4, 0.5) is 0 Å². The summed E-state index contributed by atoms with van der Waals surface area (Å²) in [5, 5.41) is 0. The lowest BCUT2D eigenvalue weighted by Gasteiger charge is -2.19. The van der Waals surface area contributed by atoms with E-state index in [4.69, 9.17) is 18.9 Å². The van der Waals surface area contributed by atoms with Crippen molar-refractivity contribution in [3.05, 3.63) is 47.0 Å². The van der Waals surface area contributed by atoms with Crippen molar-refractivity contribution >= 4 is 0 Å². The summed E-state index contributed by atoms with van der Waals surface area (Å²) in [4.78, 5) is 0. The molecular weight excluding hydrogens is 292 g/mol. The van der Waals surface area contributed by atoms with Gasteiger partial charge in [-0.05, 0) is 37.1 Å². The molecule has 122 valence electrons. The molecule has 0 radical (unpaired) electrons. The SMILES string of the molecule is CCOc1cc2c(cc1[C@H](C)c1ccc(OC)c(C)c1)OCO2. The highest BCUT2D eigenvalue weighted by Crippen LogP contribution is 2.42. The van der Waals surface area contributed by atoms with E-state index < -0.39 is 0 Å². The normalized spacial score (nSPS) is 13.7. The van der Waals surface area contributed by atoms with E-state index in [1.165, 1.54) is 5.56 Å². The first kappa shape index (κ1) is 15.5. The van der Waals surface area contributed by atoms with E-state index in [-0.39, 0.29) is 12.7 Å². The predicted molar refractivity (Wildman–Crippen MR) is 89.0 cm³/mol. The van der Waals surface area contributed by atoms with Crippen molar-refractivity contribution in [3.8, 4) is 23.0 Å². The van der Waals surface area contributed by atoms with Gasteiger partial charge < -0.3 is 18.9 Å². The summed E-state index contributed by atoms with van der Waals surface area (Å²) in [6.45, 7) is 7.08. The highest BCUT2D eigenvalue weighted by molar-refractivity contribution is 5.55. The van der Waals surface area contributed by atoms with Crippen molar-refractivity contribution in [1.29, 1.82) is 0 Å². The maximum Gasteiger partial charge on any atom is 0.231 e. The Bertz CT molecular complexity index is 709. The van der Waals surface area contributed by atoms with Gasteiger partial charge >= 0.3 is 0 Å². The third-order valence-electron chi connectivity index (χ3n) is 4.19. The van der Waals surface area contributed by atoms with Gasteiger partial charge in [0.1, 0.15) is 11.5 Å². The fourth-order valence-corrected chi connectivity index (χ4v) is 2.91. The second-order valence-corrected chi connectivity index (χ2v) is 5.63. The van der Waals surface area contributed by atoms with Crippen molar-refractivity contribution in [2.45, 2.75) is 26.7 Å². The molecular formula is C19H22O4. The fourth-order valence-electron chi connectivity index (χ4n) is 2.91. The largest absolute Gasteiger partial charge is 0.496 e. The molecule has 2 aromatic carbocycles. The van der Waals surface area contributed by atoms with Crippen LogP contribution in [0.15, 0.2) is 30.3 Å². The van der Waals surface area contributed by atoms with E-state index >= 15 is 0 Å². The van der Waals surface area contributed by atoms with Crippen molar-refractivity contribution in [1.82, 2.24) is 0 Å². The van der Waals surface area contributed by atoms with Gasteiger partial charge in [0, 0.05) is 17.5 Å². The molecule has 0 saturated carbocycles. The Labute approximate surface area is 136 Å². The van der Waals surface area contributed by atoms with E-state index in [1.807, 2.05) is 25.1 Å². The smallest absolute Gasteiger partial charge is 0.231 e. The summed E-state index contributed by atoms with van der Waals surface area (Å²) in [6, 6.07) is 10.2. The molecule has 0 amide bonds. The van der Waals surface area contributed by atoms with Crippen molar-refractivity contribution < 1.29 is 18.9 Å². The lowest BCUT2D eigenvalue weighted by atomic mass is 9.91. The molecule has 2 aromatic rings. The van der Waals surface area contributed by atoms with Crippen LogP contribution in [0.25, 0.3) is 0 Å². The molecule has 4 heteroatoms. The van der Waals surface area contributed by atoms with Crippen LogP contribution >= 0.6 is 0 Å². The van der Waals surface area contributed by atoms with Crippen LogP contribution in [0, 0.1) is 6.92 Å². The van der Waals surface area contributed by atoms with Gasteiger partial charge in [0.25, 0.3) is 0 Å². The lowest BCUT2D eigenvalue weighted by Crippen LogP contribution is -2.03. The number of hydrogen-bond acceptors (Lipinski definition) is 4. The Kier molecular flexibility index (Phi) is 4.33. The third kappa shape index (κ3) is 2.93. The first-order valence-electron chi connectivity index (χ1n) is 7.85. The Morgan fingerprint density at radius 1 is 1.09 bits per heavy atom. The maximum atomic E-state index is 5.82. The van der Waals surface area contributed by atoms with Gasteiger partial charge in [-0.15, -0.1) is 0 Å². The number of hydrogen-bond donors (Lipinski definition) is 0. The molecule has 1 aliphatic heterocycles. The molecule has 0 aliphatic carbocycles. The average Bonchev–Trinajstić information content (AvgIpc) is 3.01.